The summed E-state index contributed by atoms with van der Waals surface area (Å²) in [4.78, 5) is 4.85. The zero-order valence-electron chi connectivity index (χ0n) is 26.2. The molecule has 0 fully saturated rings. The van der Waals surface area contributed by atoms with Gasteiger partial charge in [-0.1, -0.05) is 152 Å². The zero-order chi connectivity index (χ0) is 31.6. The Morgan fingerprint density at radius 3 is 1.69 bits per heavy atom. The molecule has 0 spiro atoms. The van der Waals surface area contributed by atoms with Gasteiger partial charge < -0.3 is 0 Å². The quantitative estimate of drug-likeness (QED) is 0.143. The average molecular weight is 608 g/mol. The van der Waals surface area contributed by atoms with Crippen molar-refractivity contribution in [3.8, 4) is 44.6 Å². The molecule has 1 aromatic heterocycles. The Morgan fingerprint density at radius 1 is 0.312 bits per heavy atom. The van der Waals surface area contributed by atoms with Crippen molar-refractivity contribution >= 4 is 53.9 Å². The number of pyridine rings is 1. The highest BCUT2D eigenvalue weighted by atomic mass is 14.7. The van der Waals surface area contributed by atoms with Crippen LogP contribution in [-0.4, -0.2) is 4.98 Å². The van der Waals surface area contributed by atoms with E-state index in [1.165, 1.54) is 92.8 Å². The standard InChI is InChI=1S/C47H29N/c1-2-9-30(10-3-1)36-24-27-41-42(29-36)47(43-15-6-7-28-48-43)39-14-5-4-13-38(39)45(41)34-18-16-31(17-19-34)37-25-22-35-21-20-32-11-8-12-33-23-26-40(37)46(35)44(32)33/h1-29H. The predicted octanol–water partition coefficient (Wildman–Crippen LogP) is 13.0. The Hall–Kier alpha value is -6.31. The number of nitrogens with zero attached hydrogens (tertiary/aromatic N) is 1. The molecule has 0 amide bonds. The zero-order valence-corrected chi connectivity index (χ0v) is 26.2. The normalized spacial score (nSPS) is 11.8. The van der Waals surface area contributed by atoms with Gasteiger partial charge >= 0.3 is 0 Å². The molecule has 0 radical (unpaired) electrons. The van der Waals surface area contributed by atoms with Gasteiger partial charge in [-0.15, -0.1) is 0 Å². The minimum atomic E-state index is 0.986. The largest absolute Gasteiger partial charge is 0.256 e. The lowest BCUT2D eigenvalue weighted by Gasteiger charge is -2.19. The third kappa shape index (κ3) is 4.08. The number of benzene rings is 9. The van der Waals surface area contributed by atoms with Gasteiger partial charge in [-0.2, -0.15) is 0 Å². The minimum Gasteiger partial charge on any atom is -0.256 e. The molecule has 0 aliphatic carbocycles. The second-order valence-electron chi connectivity index (χ2n) is 12.7. The van der Waals surface area contributed by atoms with Crippen LogP contribution in [0.25, 0.3) is 98.5 Å². The summed E-state index contributed by atoms with van der Waals surface area (Å²) < 4.78 is 0. The van der Waals surface area contributed by atoms with Crippen LogP contribution in [0.15, 0.2) is 176 Å². The summed E-state index contributed by atoms with van der Waals surface area (Å²) >= 11 is 0. The molecule has 1 nitrogen and oxygen atoms in total. The summed E-state index contributed by atoms with van der Waals surface area (Å²) in [5.74, 6) is 0. The lowest BCUT2D eigenvalue weighted by Crippen LogP contribution is -1.93. The Morgan fingerprint density at radius 2 is 0.917 bits per heavy atom. The van der Waals surface area contributed by atoms with Gasteiger partial charge in [0.05, 0.1) is 5.69 Å². The molecule has 0 bridgehead atoms. The van der Waals surface area contributed by atoms with Crippen molar-refractivity contribution in [1.29, 1.82) is 0 Å². The van der Waals surface area contributed by atoms with Crippen molar-refractivity contribution in [2.24, 2.45) is 0 Å². The molecular weight excluding hydrogens is 579 g/mol. The molecule has 0 N–H and O–H groups in total. The van der Waals surface area contributed by atoms with Crippen LogP contribution in [0.4, 0.5) is 0 Å². The van der Waals surface area contributed by atoms with Gasteiger partial charge in [0, 0.05) is 11.8 Å². The van der Waals surface area contributed by atoms with Crippen LogP contribution in [0.5, 0.6) is 0 Å². The van der Waals surface area contributed by atoms with Crippen LogP contribution in [0.2, 0.25) is 0 Å². The maximum Gasteiger partial charge on any atom is 0.0714 e. The second-order valence-corrected chi connectivity index (χ2v) is 12.7. The fourth-order valence-electron chi connectivity index (χ4n) is 7.89. The third-order valence-corrected chi connectivity index (χ3v) is 10.1. The van der Waals surface area contributed by atoms with E-state index in [0.29, 0.717) is 0 Å². The lowest BCUT2D eigenvalue weighted by atomic mass is 9.85. The van der Waals surface area contributed by atoms with E-state index >= 15 is 0 Å². The Balaban J connectivity index is 1.20. The smallest absolute Gasteiger partial charge is 0.0714 e. The molecule has 9 aromatic carbocycles. The number of hydrogen-bond acceptors (Lipinski definition) is 1. The first kappa shape index (κ1) is 26.9. The number of fused-ring (bicyclic) bond motifs is 2. The summed E-state index contributed by atoms with van der Waals surface area (Å²) in [5.41, 5.74) is 9.51. The van der Waals surface area contributed by atoms with Crippen LogP contribution in [0.3, 0.4) is 0 Å². The first-order valence-corrected chi connectivity index (χ1v) is 16.5. The lowest BCUT2D eigenvalue weighted by molar-refractivity contribution is 1.34. The van der Waals surface area contributed by atoms with Crippen molar-refractivity contribution in [2.45, 2.75) is 0 Å². The van der Waals surface area contributed by atoms with Crippen molar-refractivity contribution in [3.63, 3.8) is 0 Å². The maximum absolute atomic E-state index is 4.85. The SMILES string of the molecule is c1ccc(-c2ccc3c(-c4ccc(-c5ccc6ccc7cccc8ccc5c6c78)cc4)c4ccccc4c(-c4ccccn4)c3c2)cc1. The molecule has 0 aliphatic rings. The molecule has 0 saturated carbocycles. The van der Waals surface area contributed by atoms with E-state index in [4.69, 9.17) is 4.98 Å². The predicted molar refractivity (Wildman–Crippen MR) is 205 cm³/mol. The fraction of sp³-hybridized carbons (Fsp3) is 0. The van der Waals surface area contributed by atoms with E-state index in [0.717, 1.165) is 5.69 Å². The van der Waals surface area contributed by atoms with E-state index in [9.17, 15) is 0 Å². The topological polar surface area (TPSA) is 12.9 Å². The van der Waals surface area contributed by atoms with Crippen LogP contribution in [-0.2, 0) is 0 Å². The molecule has 10 rings (SSSR count). The molecule has 10 aromatic rings. The molecule has 0 unspecified atom stereocenters. The molecule has 1 heterocycles. The van der Waals surface area contributed by atoms with Crippen molar-refractivity contribution in [2.75, 3.05) is 0 Å². The Kier molecular flexibility index (Phi) is 5.94. The van der Waals surface area contributed by atoms with Gasteiger partial charge in [0.1, 0.15) is 0 Å². The highest BCUT2D eigenvalue weighted by Crippen LogP contribution is 2.45. The Labute approximate surface area is 278 Å². The summed E-state index contributed by atoms with van der Waals surface area (Å²) in [7, 11) is 0. The molecule has 1 heteroatoms. The fourth-order valence-corrected chi connectivity index (χ4v) is 7.89. The van der Waals surface area contributed by atoms with Gasteiger partial charge in [0.15, 0.2) is 0 Å². The van der Waals surface area contributed by atoms with Gasteiger partial charge in [0.2, 0.25) is 0 Å². The molecule has 222 valence electrons. The van der Waals surface area contributed by atoms with E-state index in [2.05, 4.69) is 164 Å². The van der Waals surface area contributed by atoms with Crippen molar-refractivity contribution < 1.29 is 0 Å². The molecule has 0 atom stereocenters. The van der Waals surface area contributed by atoms with Crippen LogP contribution >= 0.6 is 0 Å². The van der Waals surface area contributed by atoms with E-state index in [1.54, 1.807) is 0 Å². The van der Waals surface area contributed by atoms with Crippen LogP contribution < -0.4 is 0 Å². The van der Waals surface area contributed by atoms with Gasteiger partial charge in [0.25, 0.3) is 0 Å². The van der Waals surface area contributed by atoms with Gasteiger partial charge in [-0.05, 0) is 105 Å². The second kappa shape index (κ2) is 10.6. The highest BCUT2D eigenvalue weighted by molar-refractivity contribution is 6.26. The van der Waals surface area contributed by atoms with Gasteiger partial charge in [-0.25, -0.2) is 0 Å². The molecular formula is C47H29N. The number of rotatable bonds is 4. The van der Waals surface area contributed by atoms with Gasteiger partial charge in [-0.3, -0.25) is 4.98 Å². The summed E-state index contributed by atoms with van der Waals surface area (Å²) in [6.07, 6.45) is 1.89. The Bertz CT molecular complexity index is 2780. The summed E-state index contributed by atoms with van der Waals surface area (Å²) in [6.45, 7) is 0. The van der Waals surface area contributed by atoms with E-state index in [1.807, 2.05) is 12.3 Å². The highest BCUT2D eigenvalue weighted by Gasteiger charge is 2.19. The maximum atomic E-state index is 4.85. The molecule has 0 aliphatic heterocycles. The van der Waals surface area contributed by atoms with E-state index in [-0.39, 0.29) is 0 Å². The average Bonchev–Trinajstić information content (AvgIpc) is 3.16. The van der Waals surface area contributed by atoms with Crippen molar-refractivity contribution in [3.05, 3.63) is 176 Å². The van der Waals surface area contributed by atoms with Crippen molar-refractivity contribution in [1.82, 2.24) is 4.98 Å². The molecule has 0 saturated heterocycles. The number of hydrogen-bond donors (Lipinski definition) is 0. The van der Waals surface area contributed by atoms with Crippen LogP contribution in [0, 0.1) is 0 Å². The van der Waals surface area contributed by atoms with Crippen LogP contribution in [0.1, 0.15) is 0 Å². The first-order valence-electron chi connectivity index (χ1n) is 16.5. The summed E-state index contributed by atoms with van der Waals surface area (Å²) in [5, 5.41) is 12.7. The number of aromatic nitrogens is 1. The monoisotopic (exact) mass is 607 g/mol. The molecule has 48 heavy (non-hydrogen) atoms. The minimum absolute atomic E-state index is 0.986. The first-order chi connectivity index (χ1) is 23.8. The summed E-state index contributed by atoms with van der Waals surface area (Å²) in [6, 6.07) is 62.0. The van der Waals surface area contributed by atoms with E-state index < -0.39 is 0 Å². The third-order valence-electron chi connectivity index (χ3n) is 10.1.